The highest BCUT2D eigenvalue weighted by atomic mass is 31.2. The van der Waals surface area contributed by atoms with Crippen molar-refractivity contribution < 1.29 is 13.6 Å². The Bertz CT molecular complexity index is 710. The molecule has 0 radical (unpaired) electrons. The lowest BCUT2D eigenvalue weighted by atomic mass is 9.83. The van der Waals surface area contributed by atoms with E-state index in [0.29, 0.717) is 5.92 Å². The van der Waals surface area contributed by atoms with Crippen molar-refractivity contribution in [2.45, 2.75) is 44.7 Å². The van der Waals surface area contributed by atoms with Gasteiger partial charge in [-0.25, -0.2) is 0 Å². The number of benzene rings is 1. The minimum atomic E-state index is -3.20. The molecule has 0 spiro atoms. The maximum atomic E-state index is 13.4. The molecule has 2 aromatic rings. The van der Waals surface area contributed by atoms with Crippen LogP contribution in [0, 0.1) is 12.8 Å². The molecule has 3 rings (SSSR count). The lowest BCUT2D eigenvalue weighted by Crippen LogP contribution is -2.18. The predicted octanol–water partition coefficient (Wildman–Crippen LogP) is 5.58. The van der Waals surface area contributed by atoms with Gasteiger partial charge in [0.1, 0.15) is 0 Å². The lowest BCUT2D eigenvalue weighted by Gasteiger charge is -2.34. The van der Waals surface area contributed by atoms with Gasteiger partial charge in [-0.3, -0.25) is 4.57 Å². The molecule has 1 unspecified atom stereocenters. The average Bonchev–Trinajstić information content (AvgIpc) is 2.92. The number of H-pyrrole nitrogens is 1. The fourth-order valence-corrected chi connectivity index (χ4v) is 6.15. The molecule has 1 aliphatic carbocycles. The third-order valence-electron chi connectivity index (χ3n) is 5.19. The molecule has 1 aromatic heterocycles. The molecule has 1 fully saturated rings. The summed E-state index contributed by atoms with van der Waals surface area (Å²) in [6.45, 7) is 2.06. The van der Waals surface area contributed by atoms with Crippen LogP contribution in [-0.4, -0.2) is 19.2 Å². The standard InChI is InChI=1S/C18H26NO3P/c1-13-17(15-11-7-8-12-16(15)19-13)18(23(20,21-2)22-3)14-9-5-4-6-10-14/h7-8,11-12,14,18-19H,4-6,9-10H2,1-3H3. The summed E-state index contributed by atoms with van der Waals surface area (Å²) in [4.78, 5) is 3.43. The van der Waals surface area contributed by atoms with Gasteiger partial charge in [0.15, 0.2) is 0 Å². The molecule has 1 aromatic carbocycles. The summed E-state index contributed by atoms with van der Waals surface area (Å²) in [5.41, 5.74) is 3.06. The first kappa shape index (κ1) is 16.8. The van der Waals surface area contributed by atoms with Crippen LogP contribution in [0.5, 0.6) is 0 Å². The minimum absolute atomic E-state index is 0.200. The molecule has 5 heteroatoms. The maximum absolute atomic E-state index is 13.4. The van der Waals surface area contributed by atoms with Crippen LogP contribution in [0.15, 0.2) is 24.3 Å². The molecule has 1 saturated carbocycles. The van der Waals surface area contributed by atoms with Crippen molar-refractivity contribution in [3.8, 4) is 0 Å². The van der Waals surface area contributed by atoms with Crippen LogP contribution in [0.3, 0.4) is 0 Å². The van der Waals surface area contributed by atoms with Crippen LogP contribution in [0.2, 0.25) is 0 Å². The second-order valence-corrected chi connectivity index (χ2v) is 8.82. The van der Waals surface area contributed by atoms with Gasteiger partial charge >= 0.3 is 7.60 Å². The molecular weight excluding hydrogens is 309 g/mol. The second kappa shape index (κ2) is 6.80. The molecule has 1 atom stereocenters. The number of aryl methyl sites for hydroxylation is 1. The first-order chi connectivity index (χ1) is 11.1. The highest BCUT2D eigenvalue weighted by Crippen LogP contribution is 2.66. The SMILES string of the molecule is COP(=O)(OC)C(c1c(C)[nH]c2ccccc12)C1CCCCC1. The van der Waals surface area contributed by atoms with Crippen LogP contribution in [-0.2, 0) is 13.6 Å². The fraction of sp³-hybridized carbons (Fsp3) is 0.556. The molecule has 1 heterocycles. The van der Waals surface area contributed by atoms with Crippen molar-refractivity contribution >= 4 is 18.5 Å². The molecule has 0 aliphatic heterocycles. The number of hydrogen-bond donors (Lipinski definition) is 1. The van der Waals surface area contributed by atoms with Gasteiger partial charge in [0, 0.05) is 30.8 Å². The Kier molecular flexibility index (Phi) is 4.96. The van der Waals surface area contributed by atoms with Gasteiger partial charge in [-0.15, -0.1) is 0 Å². The van der Waals surface area contributed by atoms with E-state index in [-0.39, 0.29) is 5.66 Å². The van der Waals surface area contributed by atoms with E-state index in [1.165, 1.54) is 33.5 Å². The Morgan fingerprint density at radius 2 is 1.78 bits per heavy atom. The van der Waals surface area contributed by atoms with Crippen LogP contribution < -0.4 is 0 Å². The van der Waals surface area contributed by atoms with E-state index in [1.54, 1.807) is 0 Å². The van der Waals surface area contributed by atoms with Crippen LogP contribution in [0.25, 0.3) is 10.9 Å². The Morgan fingerprint density at radius 3 is 2.43 bits per heavy atom. The van der Waals surface area contributed by atoms with Crippen molar-refractivity contribution in [1.82, 2.24) is 4.98 Å². The van der Waals surface area contributed by atoms with Crippen molar-refractivity contribution in [2.24, 2.45) is 5.92 Å². The third-order valence-corrected chi connectivity index (χ3v) is 7.56. The normalized spacial score (nSPS) is 18.4. The van der Waals surface area contributed by atoms with Gasteiger partial charge in [-0.05, 0) is 37.3 Å². The predicted molar refractivity (Wildman–Crippen MR) is 94.0 cm³/mol. The number of para-hydroxylation sites is 1. The zero-order valence-electron chi connectivity index (χ0n) is 14.2. The smallest absolute Gasteiger partial charge is 0.337 e. The highest BCUT2D eigenvalue weighted by Gasteiger charge is 2.43. The molecule has 0 amide bonds. The number of hydrogen-bond acceptors (Lipinski definition) is 3. The summed E-state index contributed by atoms with van der Waals surface area (Å²) in [6.07, 6.45) is 5.81. The number of aromatic nitrogens is 1. The lowest BCUT2D eigenvalue weighted by molar-refractivity contribution is 0.238. The van der Waals surface area contributed by atoms with E-state index in [1.807, 2.05) is 12.1 Å². The number of nitrogens with one attached hydrogen (secondary N) is 1. The third kappa shape index (κ3) is 3.00. The van der Waals surface area contributed by atoms with E-state index in [9.17, 15) is 4.57 Å². The Morgan fingerprint density at radius 1 is 1.13 bits per heavy atom. The summed E-state index contributed by atoms with van der Waals surface area (Å²) in [6, 6.07) is 8.21. The molecular formula is C18H26NO3P. The fourth-order valence-electron chi connectivity index (χ4n) is 4.08. The van der Waals surface area contributed by atoms with E-state index in [0.717, 1.165) is 35.0 Å². The van der Waals surface area contributed by atoms with Crippen molar-refractivity contribution in [3.05, 3.63) is 35.5 Å². The first-order valence-corrected chi connectivity index (χ1v) is 10.0. The van der Waals surface area contributed by atoms with Crippen LogP contribution in [0.1, 0.15) is 49.0 Å². The average molecular weight is 335 g/mol. The van der Waals surface area contributed by atoms with Crippen molar-refractivity contribution in [1.29, 1.82) is 0 Å². The molecule has 1 N–H and O–H groups in total. The van der Waals surface area contributed by atoms with E-state index in [4.69, 9.17) is 9.05 Å². The van der Waals surface area contributed by atoms with Gasteiger partial charge < -0.3 is 14.0 Å². The quantitative estimate of drug-likeness (QED) is 0.725. The summed E-state index contributed by atoms with van der Waals surface area (Å²) < 4.78 is 24.3. The Hall–Kier alpha value is -1.09. The summed E-state index contributed by atoms with van der Waals surface area (Å²) in [5, 5.41) is 1.13. The van der Waals surface area contributed by atoms with E-state index < -0.39 is 7.60 Å². The van der Waals surface area contributed by atoms with Crippen LogP contribution in [0.4, 0.5) is 0 Å². The number of fused-ring (bicyclic) bond motifs is 1. The Balaban J connectivity index is 2.17. The summed E-state index contributed by atoms with van der Waals surface area (Å²) in [5.74, 6) is 0.340. The zero-order chi connectivity index (χ0) is 16.4. The van der Waals surface area contributed by atoms with Gasteiger partial charge in [0.25, 0.3) is 0 Å². The maximum Gasteiger partial charge on any atom is 0.337 e. The van der Waals surface area contributed by atoms with E-state index >= 15 is 0 Å². The Labute approximate surface area is 138 Å². The van der Waals surface area contributed by atoms with Crippen molar-refractivity contribution in [3.63, 3.8) is 0 Å². The molecule has 23 heavy (non-hydrogen) atoms. The van der Waals surface area contributed by atoms with Crippen LogP contribution >= 0.6 is 7.60 Å². The van der Waals surface area contributed by atoms with Gasteiger partial charge in [0.05, 0.1) is 5.66 Å². The van der Waals surface area contributed by atoms with E-state index in [2.05, 4.69) is 24.0 Å². The molecule has 0 saturated heterocycles. The number of aromatic amines is 1. The molecule has 1 aliphatic rings. The monoisotopic (exact) mass is 335 g/mol. The second-order valence-electron chi connectivity index (χ2n) is 6.46. The summed E-state index contributed by atoms with van der Waals surface area (Å²) >= 11 is 0. The molecule has 126 valence electrons. The van der Waals surface area contributed by atoms with Gasteiger partial charge in [0.2, 0.25) is 0 Å². The van der Waals surface area contributed by atoms with Crippen molar-refractivity contribution in [2.75, 3.05) is 14.2 Å². The molecule has 0 bridgehead atoms. The zero-order valence-corrected chi connectivity index (χ0v) is 15.1. The van der Waals surface area contributed by atoms with Gasteiger partial charge in [-0.1, -0.05) is 37.5 Å². The first-order valence-electron chi connectivity index (χ1n) is 8.39. The minimum Gasteiger partial charge on any atom is -0.358 e. The summed E-state index contributed by atoms with van der Waals surface area (Å²) in [7, 11) is -0.191. The largest absolute Gasteiger partial charge is 0.358 e. The number of rotatable bonds is 5. The highest BCUT2D eigenvalue weighted by molar-refractivity contribution is 7.54. The topological polar surface area (TPSA) is 51.3 Å². The molecule has 4 nitrogen and oxygen atoms in total. The van der Waals surface area contributed by atoms with Gasteiger partial charge in [-0.2, -0.15) is 0 Å².